The third kappa shape index (κ3) is 4.19. The number of aromatic nitrogens is 1. The lowest BCUT2D eigenvalue weighted by Gasteiger charge is -2.35. The average molecular weight is 455 g/mol. The Morgan fingerprint density at radius 1 is 1.52 bits per heavy atom. The summed E-state index contributed by atoms with van der Waals surface area (Å²) in [6.45, 7) is 4.90. The summed E-state index contributed by atoms with van der Waals surface area (Å²) in [5.74, 6) is -0.232. The number of amides is 1. The Bertz CT molecular complexity index is 616. The second-order valence-corrected chi connectivity index (χ2v) is 8.13. The van der Waals surface area contributed by atoms with Gasteiger partial charge in [0.05, 0.1) is 12.1 Å². The number of rotatable bonds is 4. The van der Waals surface area contributed by atoms with Gasteiger partial charge >= 0.3 is 6.09 Å². The molecule has 1 aromatic heterocycles. The highest BCUT2D eigenvalue weighted by atomic mass is 127. The van der Waals surface area contributed by atoms with Crippen LogP contribution in [0.25, 0.3) is 0 Å². The number of ether oxygens (including phenoxy) is 1. The van der Waals surface area contributed by atoms with E-state index in [9.17, 15) is 15.0 Å². The molecule has 0 spiro atoms. The number of pyridine rings is 1. The molecule has 3 N–H and O–H groups in total. The summed E-state index contributed by atoms with van der Waals surface area (Å²) < 4.78 is 5.86. The van der Waals surface area contributed by atoms with E-state index in [0.717, 1.165) is 12.8 Å². The molecule has 1 aromatic rings. The van der Waals surface area contributed by atoms with Crippen LogP contribution in [0, 0.1) is 9.62 Å². The van der Waals surface area contributed by atoms with Crippen molar-refractivity contribution in [1.29, 1.82) is 0 Å². The summed E-state index contributed by atoms with van der Waals surface area (Å²) in [5.41, 5.74) is -1.45. The lowest BCUT2D eigenvalue weighted by molar-refractivity contribution is 0.0358. The number of nitrogens with zero attached hydrogens (tertiary/aromatic N) is 1. The molecule has 23 heavy (non-hydrogen) atoms. The van der Waals surface area contributed by atoms with E-state index < -0.39 is 17.2 Å². The summed E-state index contributed by atoms with van der Waals surface area (Å²) in [6.07, 6.45) is 0.999. The van der Waals surface area contributed by atoms with E-state index in [2.05, 4.69) is 10.3 Å². The van der Waals surface area contributed by atoms with Crippen LogP contribution in [-0.2, 0) is 10.3 Å². The minimum atomic E-state index is -1.14. The molecule has 8 heteroatoms. The molecule has 1 fully saturated rings. The first-order valence-corrected chi connectivity index (χ1v) is 8.72. The molecule has 128 valence electrons. The number of carbonyl (C=O) groups excluding carboxylic acids is 1. The molecule has 6 nitrogen and oxygen atoms in total. The number of halogens is 2. The van der Waals surface area contributed by atoms with Crippen molar-refractivity contribution in [3.8, 4) is 5.75 Å². The summed E-state index contributed by atoms with van der Waals surface area (Å²) >= 11 is 7.93. The molecule has 0 aromatic carbocycles. The summed E-state index contributed by atoms with van der Waals surface area (Å²) in [6, 6.07) is 1.62. The summed E-state index contributed by atoms with van der Waals surface area (Å²) in [5, 5.41) is 23.0. The zero-order chi connectivity index (χ0) is 17.4. The van der Waals surface area contributed by atoms with Crippen LogP contribution in [0.4, 0.5) is 4.79 Å². The maximum absolute atomic E-state index is 12.2. The first kappa shape index (κ1) is 18.5. The molecular formula is C15H20ClIN2O4. The molecule has 1 heterocycles. The normalized spacial score (nSPS) is 17.5. The maximum atomic E-state index is 12.2. The molecule has 1 aliphatic rings. The van der Waals surface area contributed by atoms with Crippen molar-refractivity contribution in [3.05, 3.63) is 20.5 Å². The molecule has 0 radical (unpaired) electrons. The van der Waals surface area contributed by atoms with Crippen LogP contribution in [0.2, 0.25) is 5.15 Å². The molecule has 2 rings (SSSR count). The highest BCUT2D eigenvalue weighted by Gasteiger charge is 2.50. The van der Waals surface area contributed by atoms with Crippen LogP contribution in [0.15, 0.2) is 6.07 Å². The van der Waals surface area contributed by atoms with Gasteiger partial charge in [-0.1, -0.05) is 11.6 Å². The van der Waals surface area contributed by atoms with E-state index in [-0.39, 0.29) is 23.4 Å². The van der Waals surface area contributed by atoms with Crippen molar-refractivity contribution in [2.24, 2.45) is 5.92 Å². The number of aliphatic hydroxyl groups is 1. The Balaban J connectivity index is 2.43. The number of carbonyl (C=O) groups is 1. The van der Waals surface area contributed by atoms with Gasteiger partial charge in [-0.25, -0.2) is 9.78 Å². The predicted octanol–water partition coefficient (Wildman–Crippen LogP) is 3.17. The average Bonchev–Trinajstić information content (AvgIpc) is 3.23. The van der Waals surface area contributed by atoms with E-state index in [1.807, 2.05) is 22.6 Å². The molecule has 0 aliphatic heterocycles. The SMILES string of the molecule is CC(C)(C)OC(=O)N[C@](CO)(c1cc(I)nc(Cl)c1O)C1CC1. The van der Waals surface area contributed by atoms with Gasteiger partial charge in [0.2, 0.25) is 0 Å². The van der Waals surface area contributed by atoms with Crippen molar-refractivity contribution < 1.29 is 19.7 Å². The summed E-state index contributed by atoms with van der Waals surface area (Å²) in [4.78, 5) is 16.2. The predicted molar refractivity (Wildman–Crippen MR) is 94.5 cm³/mol. The van der Waals surface area contributed by atoms with Gasteiger partial charge in [0.1, 0.15) is 9.30 Å². The highest BCUT2D eigenvalue weighted by molar-refractivity contribution is 14.1. The Hall–Kier alpha value is -0.800. The number of nitrogens with one attached hydrogen (secondary N) is 1. The monoisotopic (exact) mass is 454 g/mol. The second kappa shape index (κ2) is 6.60. The fourth-order valence-electron chi connectivity index (χ4n) is 2.52. The lowest BCUT2D eigenvalue weighted by atomic mass is 9.85. The van der Waals surface area contributed by atoms with Gasteiger partial charge in [0.25, 0.3) is 0 Å². The zero-order valence-electron chi connectivity index (χ0n) is 13.2. The topological polar surface area (TPSA) is 91.7 Å². The minimum Gasteiger partial charge on any atom is -0.504 e. The first-order valence-electron chi connectivity index (χ1n) is 7.26. The zero-order valence-corrected chi connectivity index (χ0v) is 16.1. The molecule has 1 atom stereocenters. The number of hydrogen-bond acceptors (Lipinski definition) is 5. The lowest BCUT2D eigenvalue weighted by Crippen LogP contribution is -2.52. The van der Waals surface area contributed by atoms with Crippen LogP contribution in [0.1, 0.15) is 39.2 Å². The Morgan fingerprint density at radius 2 is 2.13 bits per heavy atom. The third-order valence-corrected chi connectivity index (χ3v) is 4.46. The summed E-state index contributed by atoms with van der Waals surface area (Å²) in [7, 11) is 0. The van der Waals surface area contributed by atoms with Crippen LogP contribution in [0.5, 0.6) is 5.75 Å². The highest BCUT2D eigenvalue weighted by Crippen LogP contribution is 2.49. The quantitative estimate of drug-likeness (QED) is 0.480. The van der Waals surface area contributed by atoms with Gasteiger partial charge in [-0.05, 0) is 68.2 Å². The van der Waals surface area contributed by atoms with Crippen molar-refractivity contribution in [2.75, 3.05) is 6.61 Å². The molecule has 1 saturated carbocycles. The molecular weight excluding hydrogens is 435 g/mol. The van der Waals surface area contributed by atoms with Crippen molar-refractivity contribution in [1.82, 2.24) is 10.3 Å². The first-order chi connectivity index (χ1) is 10.6. The Labute approximate surface area is 153 Å². The Morgan fingerprint density at radius 3 is 2.61 bits per heavy atom. The van der Waals surface area contributed by atoms with Gasteiger partial charge in [0.15, 0.2) is 10.9 Å². The van der Waals surface area contributed by atoms with Crippen molar-refractivity contribution in [3.63, 3.8) is 0 Å². The van der Waals surface area contributed by atoms with E-state index in [1.165, 1.54) is 0 Å². The fourth-order valence-corrected chi connectivity index (χ4v) is 3.41. The fraction of sp³-hybridized carbons (Fsp3) is 0.600. The molecule has 0 bridgehead atoms. The molecule has 0 saturated heterocycles. The standard InChI is InChI=1S/C15H20ClIN2O4/c1-14(2,3)23-13(22)19-15(7-20,8-4-5-8)9-6-10(17)18-12(16)11(9)21/h6,8,20-21H,4-5,7H2,1-3H3,(H,19,22)/t15-/m0/s1. The number of alkyl carbamates (subject to hydrolysis) is 1. The molecule has 1 aliphatic carbocycles. The van der Waals surface area contributed by atoms with Crippen LogP contribution < -0.4 is 5.32 Å². The third-order valence-electron chi connectivity index (χ3n) is 3.65. The van der Waals surface area contributed by atoms with Crippen LogP contribution in [0.3, 0.4) is 0 Å². The van der Waals surface area contributed by atoms with E-state index in [1.54, 1.807) is 26.8 Å². The van der Waals surface area contributed by atoms with Gasteiger partial charge in [-0.2, -0.15) is 0 Å². The maximum Gasteiger partial charge on any atom is 0.408 e. The van der Waals surface area contributed by atoms with Gasteiger partial charge in [-0.3, -0.25) is 0 Å². The number of aromatic hydroxyl groups is 1. The smallest absolute Gasteiger partial charge is 0.408 e. The van der Waals surface area contributed by atoms with Crippen LogP contribution in [-0.4, -0.2) is 33.5 Å². The van der Waals surface area contributed by atoms with Crippen LogP contribution >= 0.6 is 34.2 Å². The second-order valence-electron chi connectivity index (χ2n) is 6.66. The number of aliphatic hydroxyl groups excluding tert-OH is 1. The largest absolute Gasteiger partial charge is 0.504 e. The van der Waals surface area contributed by atoms with Gasteiger partial charge < -0.3 is 20.3 Å². The molecule has 1 amide bonds. The van der Waals surface area contributed by atoms with Gasteiger partial charge in [0, 0.05) is 5.56 Å². The number of hydrogen-bond donors (Lipinski definition) is 3. The van der Waals surface area contributed by atoms with E-state index in [4.69, 9.17) is 16.3 Å². The van der Waals surface area contributed by atoms with Gasteiger partial charge in [-0.15, -0.1) is 0 Å². The minimum absolute atomic E-state index is 0.000171. The Kier molecular flexibility index (Phi) is 5.32. The van der Waals surface area contributed by atoms with E-state index >= 15 is 0 Å². The van der Waals surface area contributed by atoms with E-state index in [0.29, 0.717) is 9.26 Å². The van der Waals surface area contributed by atoms with Crippen molar-refractivity contribution in [2.45, 2.75) is 44.8 Å². The molecule has 0 unspecified atom stereocenters. The van der Waals surface area contributed by atoms with Crippen molar-refractivity contribution >= 4 is 40.3 Å².